The highest BCUT2D eigenvalue weighted by atomic mass is 16.5. The Kier molecular flexibility index (Phi) is 4.94. The van der Waals surface area contributed by atoms with Crippen LogP contribution in [0.5, 0.6) is 11.5 Å². The number of phenols is 1. The highest BCUT2D eigenvalue weighted by Gasteiger charge is 2.33. The fourth-order valence-corrected chi connectivity index (χ4v) is 4.15. The van der Waals surface area contributed by atoms with E-state index < -0.39 is 17.9 Å². The van der Waals surface area contributed by atoms with Crippen LogP contribution >= 0.6 is 0 Å². The average Bonchev–Trinajstić information content (AvgIpc) is 3.22. The molecular formula is C20H24O6. The van der Waals surface area contributed by atoms with E-state index in [0.717, 1.165) is 30.4 Å². The number of carbonyl (C=O) groups is 2. The van der Waals surface area contributed by atoms with Crippen LogP contribution in [-0.2, 0) is 22.6 Å². The van der Waals surface area contributed by atoms with Gasteiger partial charge in [-0.1, -0.05) is 18.6 Å². The Morgan fingerprint density at radius 3 is 2.85 bits per heavy atom. The largest absolute Gasteiger partial charge is 0.507 e. The Morgan fingerprint density at radius 1 is 1.46 bits per heavy atom. The van der Waals surface area contributed by atoms with Crippen molar-refractivity contribution in [3.8, 4) is 11.5 Å². The number of carbonyl (C=O) groups excluding carboxylic acids is 1. The molecule has 3 rings (SSSR count). The smallest absolute Gasteiger partial charge is 0.342 e. The van der Waals surface area contributed by atoms with Gasteiger partial charge in [-0.25, -0.2) is 4.79 Å². The number of aromatic hydroxyl groups is 1. The van der Waals surface area contributed by atoms with Crippen molar-refractivity contribution in [1.29, 1.82) is 0 Å². The molecule has 26 heavy (non-hydrogen) atoms. The number of carboxylic acid groups (broad SMARTS) is 1. The molecule has 1 aromatic rings. The molecule has 1 aromatic carbocycles. The topological polar surface area (TPSA) is 93.1 Å². The highest BCUT2D eigenvalue weighted by molar-refractivity contribution is 5.98. The summed E-state index contributed by atoms with van der Waals surface area (Å²) in [4.78, 5) is 23.3. The minimum Gasteiger partial charge on any atom is -0.507 e. The van der Waals surface area contributed by atoms with Crippen LogP contribution in [0, 0.1) is 18.8 Å². The van der Waals surface area contributed by atoms with Crippen LogP contribution in [0.2, 0.25) is 0 Å². The minimum atomic E-state index is -0.792. The van der Waals surface area contributed by atoms with Crippen molar-refractivity contribution in [2.45, 2.75) is 46.1 Å². The SMILES string of the molecule is COc1c(C)c2c(c(O)c1CC=C1CCC[C@H]1C(C)C(=O)O)C(=O)OC2. The van der Waals surface area contributed by atoms with Crippen LogP contribution in [-0.4, -0.2) is 29.3 Å². The predicted molar refractivity (Wildman–Crippen MR) is 94.4 cm³/mol. The van der Waals surface area contributed by atoms with E-state index in [1.807, 2.05) is 13.0 Å². The summed E-state index contributed by atoms with van der Waals surface area (Å²) in [5.41, 5.74) is 3.32. The number of carboxylic acids is 1. The molecule has 6 heteroatoms. The van der Waals surface area contributed by atoms with Crippen LogP contribution in [0.4, 0.5) is 0 Å². The molecule has 2 atom stereocenters. The van der Waals surface area contributed by atoms with Crippen LogP contribution < -0.4 is 4.74 Å². The van der Waals surface area contributed by atoms with Crippen molar-refractivity contribution in [1.82, 2.24) is 0 Å². The summed E-state index contributed by atoms with van der Waals surface area (Å²) < 4.78 is 10.6. The third kappa shape index (κ3) is 2.93. The summed E-state index contributed by atoms with van der Waals surface area (Å²) in [6.07, 6.45) is 5.05. The van der Waals surface area contributed by atoms with Gasteiger partial charge in [0.25, 0.3) is 0 Å². The molecule has 1 saturated carbocycles. The van der Waals surface area contributed by atoms with Crippen LogP contribution in [0.25, 0.3) is 0 Å². The lowest BCUT2D eigenvalue weighted by Crippen LogP contribution is -2.19. The van der Waals surface area contributed by atoms with Gasteiger partial charge in [-0.15, -0.1) is 0 Å². The number of methoxy groups -OCH3 is 1. The first-order valence-corrected chi connectivity index (χ1v) is 8.86. The molecule has 1 unspecified atom stereocenters. The van der Waals surface area contributed by atoms with Gasteiger partial charge in [0.1, 0.15) is 23.7 Å². The van der Waals surface area contributed by atoms with Crippen molar-refractivity contribution in [3.05, 3.63) is 33.9 Å². The molecule has 0 amide bonds. The molecule has 1 aliphatic heterocycles. The predicted octanol–water partition coefficient (Wildman–Crippen LogP) is 3.37. The Labute approximate surface area is 152 Å². The van der Waals surface area contributed by atoms with Gasteiger partial charge in [0.05, 0.1) is 13.0 Å². The lowest BCUT2D eigenvalue weighted by Gasteiger charge is -2.18. The first-order valence-electron chi connectivity index (χ1n) is 8.86. The number of hydrogen-bond acceptors (Lipinski definition) is 5. The number of aliphatic carboxylic acids is 1. The molecule has 0 bridgehead atoms. The zero-order chi connectivity index (χ0) is 19.0. The summed E-state index contributed by atoms with van der Waals surface area (Å²) >= 11 is 0. The number of phenolic OH excluding ortho intramolecular Hbond substituents is 1. The fraction of sp³-hybridized carbons (Fsp3) is 0.500. The van der Waals surface area contributed by atoms with Crippen LogP contribution in [0.1, 0.15) is 53.2 Å². The van der Waals surface area contributed by atoms with Gasteiger partial charge in [0, 0.05) is 11.1 Å². The first kappa shape index (κ1) is 18.3. The van der Waals surface area contributed by atoms with Crippen molar-refractivity contribution in [2.24, 2.45) is 11.8 Å². The number of cyclic esters (lactones) is 1. The number of esters is 1. The van der Waals surface area contributed by atoms with E-state index >= 15 is 0 Å². The Morgan fingerprint density at radius 2 is 2.19 bits per heavy atom. The zero-order valence-corrected chi connectivity index (χ0v) is 15.3. The van der Waals surface area contributed by atoms with E-state index in [0.29, 0.717) is 23.3 Å². The fourth-order valence-electron chi connectivity index (χ4n) is 4.15. The van der Waals surface area contributed by atoms with Crippen LogP contribution in [0.3, 0.4) is 0 Å². The van der Waals surface area contributed by atoms with Gasteiger partial charge in [-0.05, 0) is 44.1 Å². The van der Waals surface area contributed by atoms with E-state index in [2.05, 4.69) is 0 Å². The number of benzene rings is 1. The molecule has 2 aliphatic rings. The van der Waals surface area contributed by atoms with Gasteiger partial charge in [0.15, 0.2) is 0 Å². The van der Waals surface area contributed by atoms with E-state index in [1.54, 1.807) is 6.92 Å². The molecule has 1 aliphatic carbocycles. The second-order valence-corrected chi connectivity index (χ2v) is 7.02. The standard InChI is InChI=1S/C20H24O6/c1-10-15-9-26-20(24)16(15)17(21)14(18(10)25-3)8-7-12-5-4-6-13(12)11(2)19(22)23/h7,11,13,21H,4-6,8-9H2,1-3H3,(H,22,23)/t11?,13-/m0/s1. The van der Waals surface area contributed by atoms with Crippen molar-refractivity contribution in [2.75, 3.05) is 7.11 Å². The van der Waals surface area contributed by atoms with E-state index in [1.165, 1.54) is 7.11 Å². The number of ether oxygens (including phenoxy) is 2. The highest BCUT2D eigenvalue weighted by Crippen LogP contribution is 2.43. The summed E-state index contributed by atoms with van der Waals surface area (Å²) in [6, 6.07) is 0. The van der Waals surface area contributed by atoms with Gasteiger partial charge >= 0.3 is 11.9 Å². The Hall–Kier alpha value is -2.50. The molecule has 6 nitrogen and oxygen atoms in total. The summed E-state index contributed by atoms with van der Waals surface area (Å²) in [7, 11) is 1.54. The molecule has 0 radical (unpaired) electrons. The average molecular weight is 360 g/mol. The maximum atomic E-state index is 12.0. The Bertz CT molecular complexity index is 792. The quantitative estimate of drug-likeness (QED) is 0.618. The van der Waals surface area contributed by atoms with E-state index in [4.69, 9.17) is 9.47 Å². The molecule has 2 N–H and O–H groups in total. The van der Waals surface area contributed by atoms with Crippen molar-refractivity contribution >= 4 is 11.9 Å². The zero-order valence-electron chi connectivity index (χ0n) is 15.3. The molecule has 1 heterocycles. The second kappa shape index (κ2) is 7.02. The van der Waals surface area contributed by atoms with Crippen molar-refractivity contribution in [3.63, 3.8) is 0 Å². The maximum absolute atomic E-state index is 12.0. The molecule has 140 valence electrons. The first-order chi connectivity index (χ1) is 12.4. The van der Waals surface area contributed by atoms with E-state index in [-0.39, 0.29) is 23.8 Å². The summed E-state index contributed by atoms with van der Waals surface area (Å²) in [5.74, 6) is -1.27. The molecule has 0 spiro atoms. The van der Waals surface area contributed by atoms with Gasteiger partial charge in [-0.2, -0.15) is 0 Å². The Balaban J connectivity index is 1.98. The number of fused-ring (bicyclic) bond motifs is 1. The number of rotatable bonds is 5. The monoisotopic (exact) mass is 360 g/mol. The summed E-state index contributed by atoms with van der Waals surface area (Å²) in [6.45, 7) is 3.73. The lowest BCUT2D eigenvalue weighted by atomic mass is 9.87. The van der Waals surface area contributed by atoms with Crippen LogP contribution in [0.15, 0.2) is 11.6 Å². The van der Waals surface area contributed by atoms with Crippen molar-refractivity contribution < 1.29 is 29.3 Å². The molecule has 0 saturated heterocycles. The van der Waals surface area contributed by atoms with Gasteiger partial charge in [0.2, 0.25) is 0 Å². The molecular weight excluding hydrogens is 336 g/mol. The van der Waals surface area contributed by atoms with E-state index in [9.17, 15) is 19.8 Å². The maximum Gasteiger partial charge on any atom is 0.342 e. The molecule has 1 fully saturated rings. The van der Waals surface area contributed by atoms with Gasteiger partial charge in [-0.3, -0.25) is 4.79 Å². The molecule has 0 aromatic heterocycles. The number of hydrogen-bond donors (Lipinski definition) is 2. The number of allylic oxidation sites excluding steroid dienone is 2. The normalized spacial score (nSPS) is 21.6. The van der Waals surface area contributed by atoms with Gasteiger partial charge < -0.3 is 19.7 Å². The second-order valence-electron chi connectivity index (χ2n) is 7.02. The minimum absolute atomic E-state index is 0.0149. The summed E-state index contributed by atoms with van der Waals surface area (Å²) in [5, 5.41) is 20.0. The lowest BCUT2D eigenvalue weighted by molar-refractivity contribution is -0.142. The third-order valence-electron chi connectivity index (χ3n) is 5.67. The third-order valence-corrected chi connectivity index (χ3v) is 5.67.